The van der Waals surface area contributed by atoms with Crippen LogP contribution in [0.2, 0.25) is 0 Å². The first kappa shape index (κ1) is 19.6. The summed E-state index contributed by atoms with van der Waals surface area (Å²) in [4.78, 5) is 32.0. The molecule has 3 aliphatic rings. The molecule has 0 amide bonds. The Balaban J connectivity index is 1.38. The average Bonchev–Trinajstić information content (AvgIpc) is 3.28. The molecule has 172 valence electrons. The first-order valence-corrected chi connectivity index (χ1v) is 11.1. The number of aromatic amines is 1. The predicted molar refractivity (Wildman–Crippen MR) is 116 cm³/mol. The van der Waals surface area contributed by atoms with E-state index in [1.165, 1.54) is 23.2 Å². The van der Waals surface area contributed by atoms with E-state index >= 15 is 4.39 Å². The van der Waals surface area contributed by atoms with Gasteiger partial charge in [0.1, 0.15) is 17.8 Å². The molecule has 9 nitrogen and oxygen atoms in total. The maximum absolute atomic E-state index is 15.7. The van der Waals surface area contributed by atoms with Crippen LogP contribution in [0.4, 0.5) is 14.6 Å². The zero-order valence-corrected chi connectivity index (χ0v) is 17.7. The molecule has 4 aromatic rings. The Hall–Kier alpha value is -3.89. The van der Waals surface area contributed by atoms with E-state index in [2.05, 4.69) is 30.2 Å². The number of halogens is 2. The minimum atomic E-state index is -0.864. The summed E-state index contributed by atoms with van der Waals surface area (Å²) in [7, 11) is 0. The lowest BCUT2D eigenvalue weighted by atomic mass is 9.77. The number of hydrogen-bond acceptors (Lipinski definition) is 6. The molecule has 7 rings (SSSR count). The number of pyridine rings is 1. The number of anilines is 1. The second-order valence-electron chi connectivity index (χ2n) is 9.49. The minimum Gasteiger partial charge on any atom is -0.481 e. The highest BCUT2D eigenvalue weighted by Gasteiger charge is 2.75. The Morgan fingerprint density at radius 3 is 2.97 bits per heavy atom. The summed E-state index contributed by atoms with van der Waals surface area (Å²) >= 11 is 0. The van der Waals surface area contributed by atoms with E-state index in [0.29, 0.717) is 22.5 Å². The number of fused-ring (bicyclic) bond motifs is 1. The molecule has 0 aromatic carbocycles. The van der Waals surface area contributed by atoms with Crippen LogP contribution in [0.3, 0.4) is 0 Å². The van der Waals surface area contributed by atoms with Crippen molar-refractivity contribution < 1.29 is 18.7 Å². The summed E-state index contributed by atoms with van der Waals surface area (Å²) in [6.45, 7) is 0. The third-order valence-electron chi connectivity index (χ3n) is 7.98. The number of carbonyl (C=O) groups is 1. The number of carboxylic acid groups (broad SMARTS) is 1. The summed E-state index contributed by atoms with van der Waals surface area (Å²) in [6, 6.07) is 0.901. The van der Waals surface area contributed by atoms with Crippen molar-refractivity contribution in [2.75, 3.05) is 5.32 Å². The van der Waals surface area contributed by atoms with Crippen LogP contribution in [-0.4, -0.2) is 46.6 Å². The summed E-state index contributed by atoms with van der Waals surface area (Å²) in [5.41, 5.74) is 0.784. The fourth-order valence-corrected chi connectivity index (χ4v) is 6.48. The number of imidazole rings is 1. The standard InChI is InChI=1S/C23H19F2N7O2/c24-10-5-12-13(8-28-18(12)27-7-10)19-30-20(16(25)21(31-19)32-4-3-26-9-32)29-17-15(22(33)34)11-1-2-23(17)6-14(11)23/h3-5,7-9,11,14-15,17H,1-2,6H2,(H,27,28)(H,33,34)(H,29,30,31). The van der Waals surface area contributed by atoms with Crippen LogP contribution in [0, 0.1) is 34.8 Å². The van der Waals surface area contributed by atoms with Gasteiger partial charge in [0.25, 0.3) is 0 Å². The number of aliphatic carboxylic acids is 1. The van der Waals surface area contributed by atoms with Gasteiger partial charge in [0, 0.05) is 35.6 Å². The Labute approximate surface area is 191 Å². The van der Waals surface area contributed by atoms with Crippen molar-refractivity contribution in [2.24, 2.45) is 23.2 Å². The van der Waals surface area contributed by atoms with Gasteiger partial charge < -0.3 is 15.4 Å². The van der Waals surface area contributed by atoms with Crippen LogP contribution in [0.15, 0.2) is 37.2 Å². The lowest BCUT2D eigenvalue weighted by molar-refractivity contribution is -0.144. The first-order valence-electron chi connectivity index (χ1n) is 11.1. The zero-order chi connectivity index (χ0) is 23.2. The smallest absolute Gasteiger partial charge is 0.308 e. The monoisotopic (exact) mass is 463 g/mol. The van der Waals surface area contributed by atoms with E-state index in [0.717, 1.165) is 25.5 Å². The van der Waals surface area contributed by atoms with Gasteiger partial charge in [-0.05, 0) is 42.6 Å². The van der Waals surface area contributed by atoms with Crippen molar-refractivity contribution in [1.82, 2.24) is 29.5 Å². The van der Waals surface area contributed by atoms with Crippen molar-refractivity contribution >= 4 is 22.8 Å². The molecule has 0 aliphatic heterocycles. The molecular weight excluding hydrogens is 444 g/mol. The van der Waals surface area contributed by atoms with Crippen molar-refractivity contribution in [3.05, 3.63) is 48.8 Å². The van der Waals surface area contributed by atoms with Gasteiger partial charge >= 0.3 is 5.97 Å². The first-order chi connectivity index (χ1) is 16.5. The number of rotatable bonds is 5. The highest BCUT2D eigenvalue weighted by Crippen LogP contribution is 2.76. The van der Waals surface area contributed by atoms with Gasteiger partial charge in [0.2, 0.25) is 5.82 Å². The fraction of sp³-hybridized carbons (Fsp3) is 0.348. The van der Waals surface area contributed by atoms with Crippen molar-refractivity contribution in [3.8, 4) is 17.2 Å². The van der Waals surface area contributed by atoms with E-state index in [9.17, 15) is 14.3 Å². The minimum absolute atomic E-state index is 0.0383. The number of H-pyrrole nitrogens is 1. The topological polar surface area (TPSA) is 122 Å². The molecule has 0 radical (unpaired) electrons. The predicted octanol–water partition coefficient (Wildman–Crippen LogP) is 3.40. The van der Waals surface area contributed by atoms with Crippen molar-refractivity contribution in [1.29, 1.82) is 0 Å². The Kier molecular flexibility index (Phi) is 3.79. The number of hydrogen-bond donors (Lipinski definition) is 3. The van der Waals surface area contributed by atoms with Gasteiger partial charge in [-0.2, -0.15) is 4.39 Å². The number of carboxylic acids is 1. The summed E-state index contributed by atoms with van der Waals surface area (Å²) in [5.74, 6) is -2.16. The molecule has 5 atom stereocenters. The molecule has 0 saturated heterocycles. The van der Waals surface area contributed by atoms with E-state index in [1.807, 2.05) is 0 Å². The largest absolute Gasteiger partial charge is 0.481 e. The van der Waals surface area contributed by atoms with Gasteiger partial charge in [-0.15, -0.1) is 0 Å². The highest BCUT2D eigenvalue weighted by atomic mass is 19.1. The van der Waals surface area contributed by atoms with Crippen molar-refractivity contribution in [3.63, 3.8) is 0 Å². The number of nitrogens with zero attached hydrogens (tertiary/aromatic N) is 5. The van der Waals surface area contributed by atoms with Crippen LogP contribution in [-0.2, 0) is 4.79 Å². The highest BCUT2D eigenvalue weighted by molar-refractivity contribution is 5.91. The maximum Gasteiger partial charge on any atom is 0.308 e. The summed E-state index contributed by atoms with van der Waals surface area (Å²) in [5, 5.41) is 13.6. The molecule has 3 N–H and O–H groups in total. The lowest BCUT2D eigenvalue weighted by Crippen LogP contribution is -2.43. The molecule has 3 aliphatic carbocycles. The van der Waals surface area contributed by atoms with E-state index < -0.39 is 29.6 Å². The number of nitrogens with one attached hydrogen (secondary N) is 2. The van der Waals surface area contributed by atoms with Gasteiger partial charge in [-0.3, -0.25) is 9.36 Å². The summed E-state index contributed by atoms with van der Waals surface area (Å²) in [6.07, 6.45) is 9.97. The van der Waals surface area contributed by atoms with E-state index in [1.54, 1.807) is 12.4 Å². The van der Waals surface area contributed by atoms with E-state index in [4.69, 9.17) is 0 Å². The van der Waals surface area contributed by atoms with Crippen LogP contribution >= 0.6 is 0 Å². The second kappa shape index (κ2) is 6.58. The second-order valence-corrected chi connectivity index (χ2v) is 9.49. The molecule has 11 heteroatoms. The molecular formula is C23H19F2N7O2. The van der Waals surface area contributed by atoms with Crippen molar-refractivity contribution in [2.45, 2.75) is 25.3 Å². The Bertz CT molecular complexity index is 1470. The summed E-state index contributed by atoms with van der Waals surface area (Å²) < 4.78 is 31.1. The van der Waals surface area contributed by atoms with E-state index in [-0.39, 0.29) is 28.8 Å². The van der Waals surface area contributed by atoms with Crippen LogP contribution < -0.4 is 5.32 Å². The molecule has 2 bridgehead atoms. The van der Waals surface area contributed by atoms with Gasteiger partial charge in [-0.25, -0.2) is 24.3 Å². The molecule has 3 saturated carbocycles. The van der Waals surface area contributed by atoms with Crippen LogP contribution in [0.25, 0.3) is 28.2 Å². The third kappa shape index (κ3) is 2.54. The molecule has 4 aromatic heterocycles. The fourth-order valence-electron chi connectivity index (χ4n) is 6.48. The van der Waals surface area contributed by atoms with Gasteiger partial charge in [-0.1, -0.05) is 0 Å². The van der Waals surface area contributed by atoms with Crippen LogP contribution in [0.1, 0.15) is 19.3 Å². The third-order valence-corrected chi connectivity index (χ3v) is 7.98. The van der Waals surface area contributed by atoms with Gasteiger partial charge in [0.05, 0.1) is 12.1 Å². The quantitative estimate of drug-likeness (QED) is 0.415. The number of aromatic nitrogens is 6. The maximum atomic E-state index is 15.7. The average molecular weight is 463 g/mol. The molecule has 5 unspecified atom stereocenters. The Morgan fingerprint density at radius 2 is 2.21 bits per heavy atom. The van der Waals surface area contributed by atoms with Crippen LogP contribution in [0.5, 0.6) is 0 Å². The van der Waals surface area contributed by atoms with Gasteiger partial charge in [0.15, 0.2) is 17.5 Å². The molecule has 3 fully saturated rings. The molecule has 4 heterocycles. The lowest BCUT2D eigenvalue weighted by Gasteiger charge is -2.34. The SMILES string of the molecule is O=C(O)C1C2CCC3(CC23)C1Nc1nc(-c2c[nH]c3ncc(F)cc23)nc(-n2ccnc2)c1F. The molecule has 0 spiro atoms. The zero-order valence-electron chi connectivity index (χ0n) is 17.7. The molecule has 34 heavy (non-hydrogen) atoms. The normalized spacial score (nSPS) is 28.9. The Morgan fingerprint density at radius 1 is 1.32 bits per heavy atom.